The van der Waals surface area contributed by atoms with Crippen molar-refractivity contribution < 1.29 is 78.7 Å². The molecular formula is C8H8BF3KNO4. The molecule has 0 bridgehead atoms. The zero-order valence-electron chi connectivity index (χ0n) is 9.73. The Balaban J connectivity index is 0.00000289. The third-order valence-corrected chi connectivity index (χ3v) is 1.79. The summed E-state index contributed by atoms with van der Waals surface area (Å²) in [6.07, 6.45) is 0. The Bertz CT molecular complexity index is 429. The summed E-state index contributed by atoms with van der Waals surface area (Å²) < 4.78 is 45.1. The van der Waals surface area contributed by atoms with Crippen LogP contribution in [0.1, 0.15) is 0 Å². The van der Waals surface area contributed by atoms with Gasteiger partial charge in [0.1, 0.15) is 0 Å². The van der Waals surface area contributed by atoms with Crippen LogP contribution in [-0.4, -0.2) is 25.5 Å². The van der Waals surface area contributed by atoms with Crippen molar-refractivity contribution in [2.75, 3.05) is 13.6 Å². The Labute approximate surface area is 143 Å². The van der Waals surface area contributed by atoms with Crippen LogP contribution in [0.4, 0.5) is 18.6 Å². The zero-order valence-corrected chi connectivity index (χ0v) is 12.9. The van der Waals surface area contributed by atoms with Gasteiger partial charge in [0.2, 0.25) is 0 Å². The normalized spacial score (nSPS) is 10.4. The first-order valence-electron chi connectivity index (χ1n) is 4.49. The maximum atomic E-state index is 12.0. The Hall–Kier alpha value is -0.289. The predicted molar refractivity (Wildman–Crippen MR) is 54.2 cm³/mol. The first-order chi connectivity index (χ1) is 7.83. The quantitative estimate of drug-likeness (QED) is 0.411. The summed E-state index contributed by atoms with van der Waals surface area (Å²) in [5, 5.41) is 10.4. The van der Waals surface area contributed by atoms with Gasteiger partial charge in [-0.3, -0.25) is 10.1 Å². The van der Waals surface area contributed by atoms with Crippen LogP contribution >= 0.6 is 0 Å². The zero-order chi connectivity index (χ0) is 13.1. The van der Waals surface area contributed by atoms with Gasteiger partial charge < -0.3 is 22.4 Å². The number of benzene rings is 1. The summed E-state index contributed by atoms with van der Waals surface area (Å²) in [5.74, 6) is -0.295. The van der Waals surface area contributed by atoms with Gasteiger partial charge in [-0.15, -0.1) is 0 Å². The van der Waals surface area contributed by atoms with E-state index in [0.717, 1.165) is 18.2 Å². The topological polar surface area (TPSA) is 61.6 Å². The summed E-state index contributed by atoms with van der Waals surface area (Å²) in [6.45, 7) is -6.51. The molecule has 0 fully saturated rings. The smallest absolute Gasteiger partial charge is 0.519 e. The number of methoxy groups -OCH3 is 1. The van der Waals surface area contributed by atoms with Crippen molar-refractivity contribution >= 4 is 12.7 Å². The SMILES string of the molecule is COc1cc([N+](=O)[O-])ccc1OC[B-](F)(F)F.[K+]. The number of nitrogens with zero attached hydrogens (tertiary/aromatic N) is 1. The van der Waals surface area contributed by atoms with Gasteiger partial charge in [0.15, 0.2) is 11.5 Å². The molecule has 0 aliphatic heterocycles. The van der Waals surface area contributed by atoms with E-state index in [0.29, 0.717) is 0 Å². The predicted octanol–water partition coefficient (Wildman–Crippen LogP) is -0.627. The van der Waals surface area contributed by atoms with Gasteiger partial charge in [0.25, 0.3) is 5.69 Å². The summed E-state index contributed by atoms with van der Waals surface area (Å²) in [6, 6.07) is 3.11. The summed E-state index contributed by atoms with van der Waals surface area (Å²) in [5.41, 5.74) is -0.285. The number of non-ortho nitro benzene ring substituents is 1. The number of nitro benzene ring substituents is 1. The van der Waals surface area contributed by atoms with E-state index in [1.54, 1.807) is 0 Å². The largest absolute Gasteiger partial charge is 1.00 e. The summed E-state index contributed by atoms with van der Waals surface area (Å²) in [7, 11) is 1.19. The Kier molecular flexibility index (Phi) is 7.22. The molecule has 94 valence electrons. The first kappa shape index (κ1) is 17.7. The van der Waals surface area contributed by atoms with E-state index in [2.05, 4.69) is 4.74 Å². The van der Waals surface area contributed by atoms with Crippen LogP contribution in [0.2, 0.25) is 0 Å². The first-order valence-corrected chi connectivity index (χ1v) is 4.49. The second-order valence-electron chi connectivity index (χ2n) is 3.11. The van der Waals surface area contributed by atoms with E-state index < -0.39 is 18.4 Å². The summed E-state index contributed by atoms with van der Waals surface area (Å²) in [4.78, 5) is 9.75. The number of hydrogen-bond donors (Lipinski definition) is 0. The van der Waals surface area contributed by atoms with Gasteiger partial charge in [-0.25, -0.2) is 0 Å². The molecule has 1 rings (SSSR count). The van der Waals surface area contributed by atoms with E-state index in [1.165, 1.54) is 7.11 Å². The van der Waals surface area contributed by atoms with Crippen LogP contribution < -0.4 is 60.9 Å². The molecule has 10 heteroatoms. The molecule has 0 heterocycles. The fourth-order valence-corrected chi connectivity index (χ4v) is 1.07. The van der Waals surface area contributed by atoms with Crippen LogP contribution in [0.25, 0.3) is 0 Å². The van der Waals surface area contributed by atoms with E-state index in [1.807, 2.05) is 0 Å². The molecule has 0 N–H and O–H groups in total. The van der Waals surface area contributed by atoms with E-state index in [4.69, 9.17) is 4.74 Å². The standard InChI is InChI=1S/C8H8BF3NO4.K/c1-16-8-4-6(13(14)15)2-3-7(8)17-5-9(10,11)12;/h2-4H,5H2,1H3;/q-1;+1. The van der Waals surface area contributed by atoms with Crippen molar-refractivity contribution in [3.63, 3.8) is 0 Å². The van der Waals surface area contributed by atoms with Gasteiger partial charge in [0.05, 0.1) is 24.6 Å². The molecule has 1 aromatic rings. The molecule has 0 saturated heterocycles. The third-order valence-electron chi connectivity index (χ3n) is 1.79. The van der Waals surface area contributed by atoms with Crippen LogP contribution in [0.5, 0.6) is 11.5 Å². The molecule has 1 aromatic carbocycles. The summed E-state index contributed by atoms with van der Waals surface area (Å²) >= 11 is 0. The molecule has 0 aliphatic rings. The second kappa shape index (κ2) is 7.34. The van der Waals surface area contributed by atoms with Crippen LogP contribution in [-0.2, 0) is 0 Å². The molecule has 0 radical (unpaired) electrons. The molecule has 0 saturated carbocycles. The fraction of sp³-hybridized carbons (Fsp3) is 0.250. The third kappa shape index (κ3) is 5.57. The van der Waals surface area contributed by atoms with Crippen LogP contribution in [0.3, 0.4) is 0 Å². The maximum Gasteiger partial charge on any atom is 1.00 e. The van der Waals surface area contributed by atoms with E-state index in [-0.39, 0.29) is 68.6 Å². The average Bonchev–Trinajstić information content (AvgIpc) is 2.24. The van der Waals surface area contributed by atoms with Crippen molar-refractivity contribution in [2.45, 2.75) is 0 Å². The Morgan fingerprint density at radius 3 is 2.39 bits per heavy atom. The van der Waals surface area contributed by atoms with Gasteiger partial charge in [-0.2, -0.15) is 0 Å². The van der Waals surface area contributed by atoms with Crippen molar-refractivity contribution in [3.05, 3.63) is 28.3 Å². The molecule has 0 aliphatic carbocycles. The minimum atomic E-state index is -5.08. The van der Waals surface area contributed by atoms with Crippen molar-refractivity contribution in [3.8, 4) is 11.5 Å². The number of rotatable bonds is 5. The van der Waals surface area contributed by atoms with E-state index >= 15 is 0 Å². The minimum Gasteiger partial charge on any atom is -0.519 e. The van der Waals surface area contributed by atoms with E-state index in [9.17, 15) is 23.1 Å². The number of hydrogen-bond acceptors (Lipinski definition) is 4. The maximum absolute atomic E-state index is 12.0. The number of halogens is 3. The van der Waals surface area contributed by atoms with Gasteiger partial charge in [0, 0.05) is 6.07 Å². The molecule has 0 spiro atoms. The van der Waals surface area contributed by atoms with Crippen molar-refractivity contribution in [1.29, 1.82) is 0 Å². The average molecular weight is 289 g/mol. The van der Waals surface area contributed by atoms with Crippen LogP contribution in [0.15, 0.2) is 18.2 Å². The molecule has 0 atom stereocenters. The van der Waals surface area contributed by atoms with Crippen molar-refractivity contribution in [2.24, 2.45) is 0 Å². The molecule has 0 amide bonds. The Morgan fingerprint density at radius 2 is 1.94 bits per heavy atom. The molecule has 18 heavy (non-hydrogen) atoms. The molecular weight excluding hydrogens is 281 g/mol. The number of nitro groups is 1. The van der Waals surface area contributed by atoms with Gasteiger partial charge in [-0.1, -0.05) is 0 Å². The van der Waals surface area contributed by atoms with Gasteiger partial charge >= 0.3 is 58.4 Å². The monoisotopic (exact) mass is 289 g/mol. The second-order valence-corrected chi connectivity index (χ2v) is 3.11. The fourth-order valence-electron chi connectivity index (χ4n) is 1.07. The molecule has 5 nitrogen and oxygen atoms in total. The van der Waals surface area contributed by atoms with Gasteiger partial charge in [-0.05, 0) is 6.07 Å². The molecule has 0 aromatic heterocycles. The van der Waals surface area contributed by atoms with Crippen molar-refractivity contribution in [1.82, 2.24) is 0 Å². The molecule has 0 unspecified atom stereocenters. The van der Waals surface area contributed by atoms with Crippen LogP contribution in [0, 0.1) is 10.1 Å². The Morgan fingerprint density at radius 1 is 1.33 bits per heavy atom. The minimum absolute atomic E-state index is 0. The number of ether oxygens (including phenoxy) is 2.